The Hall–Kier alpha value is -4.06. The highest BCUT2D eigenvalue weighted by Gasteiger charge is 2.43. The van der Waals surface area contributed by atoms with Gasteiger partial charge in [-0.3, -0.25) is 9.88 Å². The molecule has 6 heterocycles. The lowest BCUT2D eigenvalue weighted by Crippen LogP contribution is -2.35. The summed E-state index contributed by atoms with van der Waals surface area (Å²) in [6.07, 6.45) is 6.56. The minimum Gasteiger partial charge on any atom is -0.444 e. The SMILES string of the molecule is CC1(c2ccc(Cl)cc2F)Oc2cccc(C3CCN(Cc4nc5cc(-c6nnc[nH]6)ncc5n4CC4CCO4)CC3)c2O1. The first kappa shape index (κ1) is 27.5. The van der Waals surface area contributed by atoms with E-state index in [1.807, 2.05) is 24.4 Å². The number of rotatable bonds is 7. The Labute approximate surface area is 258 Å². The number of aromatic nitrogens is 6. The van der Waals surface area contributed by atoms with Crippen molar-refractivity contribution in [1.82, 2.24) is 34.6 Å². The number of aromatic amines is 1. The Bertz CT molecular complexity index is 1840. The number of imidazole rings is 1. The van der Waals surface area contributed by atoms with Crippen molar-refractivity contribution in [3.8, 4) is 23.0 Å². The smallest absolute Gasteiger partial charge is 0.278 e. The molecule has 2 aromatic carbocycles. The van der Waals surface area contributed by atoms with Crippen molar-refractivity contribution in [3.63, 3.8) is 0 Å². The number of hydrogen-bond acceptors (Lipinski definition) is 8. The molecule has 2 fully saturated rings. The van der Waals surface area contributed by atoms with Crippen LogP contribution < -0.4 is 9.47 Å². The molecule has 0 saturated carbocycles. The van der Waals surface area contributed by atoms with Crippen molar-refractivity contribution in [2.24, 2.45) is 0 Å². The third kappa shape index (κ3) is 4.89. The van der Waals surface area contributed by atoms with Crippen LogP contribution in [0.3, 0.4) is 0 Å². The minimum atomic E-state index is -1.26. The summed E-state index contributed by atoms with van der Waals surface area (Å²) in [6, 6.07) is 12.5. The quantitative estimate of drug-likeness (QED) is 0.244. The first-order chi connectivity index (χ1) is 21.4. The lowest BCUT2D eigenvalue weighted by atomic mass is 9.88. The largest absolute Gasteiger partial charge is 0.444 e. The molecule has 44 heavy (non-hydrogen) atoms. The van der Waals surface area contributed by atoms with Crippen LogP contribution in [0.2, 0.25) is 5.02 Å². The second-order valence-corrected chi connectivity index (χ2v) is 12.3. The second kappa shape index (κ2) is 10.8. The third-order valence-electron chi connectivity index (χ3n) is 8.98. The van der Waals surface area contributed by atoms with E-state index < -0.39 is 11.6 Å². The van der Waals surface area contributed by atoms with Gasteiger partial charge >= 0.3 is 0 Å². The summed E-state index contributed by atoms with van der Waals surface area (Å²) < 4.78 is 35.5. The van der Waals surface area contributed by atoms with Crippen LogP contribution in [0, 0.1) is 5.82 Å². The first-order valence-electron chi connectivity index (χ1n) is 15.0. The van der Waals surface area contributed by atoms with Gasteiger partial charge in [0.05, 0.1) is 42.0 Å². The third-order valence-corrected chi connectivity index (χ3v) is 9.21. The summed E-state index contributed by atoms with van der Waals surface area (Å²) in [7, 11) is 0. The standard InChI is InChI=1S/C32H31ClFN7O3/c1-32(23-6-5-20(33)13-24(23)34)43-28-4-2-3-22(30(28)44-32)19-7-10-40(11-8-19)17-29-38-25-14-26(31-36-18-37-39-31)35-15-27(25)41(29)16-21-9-12-42-21/h2-6,13-15,18-19,21H,7-12,16-17H2,1H3,(H,36,37,39). The number of ether oxygens (including phenoxy) is 3. The van der Waals surface area contributed by atoms with Crippen LogP contribution in [0.1, 0.15) is 49.1 Å². The van der Waals surface area contributed by atoms with E-state index in [0.29, 0.717) is 33.6 Å². The summed E-state index contributed by atoms with van der Waals surface area (Å²) in [5, 5.41) is 8.32. The average molecular weight is 616 g/mol. The Morgan fingerprint density at radius 1 is 1.11 bits per heavy atom. The highest BCUT2D eigenvalue weighted by Crippen LogP contribution is 2.50. The van der Waals surface area contributed by atoms with Crippen LogP contribution >= 0.6 is 11.6 Å². The van der Waals surface area contributed by atoms with Gasteiger partial charge in [-0.05, 0) is 68.6 Å². The van der Waals surface area contributed by atoms with E-state index in [1.165, 1.54) is 6.07 Å². The van der Waals surface area contributed by atoms with Gasteiger partial charge in [-0.15, -0.1) is 10.2 Å². The van der Waals surface area contributed by atoms with E-state index in [0.717, 1.165) is 74.5 Å². The number of halogens is 2. The zero-order chi connectivity index (χ0) is 29.8. The minimum absolute atomic E-state index is 0.195. The number of H-pyrrole nitrogens is 1. The zero-order valence-corrected chi connectivity index (χ0v) is 24.9. The van der Waals surface area contributed by atoms with Gasteiger partial charge < -0.3 is 23.8 Å². The molecule has 2 unspecified atom stereocenters. The van der Waals surface area contributed by atoms with Gasteiger partial charge in [0.1, 0.15) is 23.7 Å². The van der Waals surface area contributed by atoms with Crippen LogP contribution in [0.15, 0.2) is 55.0 Å². The van der Waals surface area contributed by atoms with E-state index in [2.05, 4.69) is 35.7 Å². The van der Waals surface area contributed by atoms with Gasteiger partial charge in [0.2, 0.25) is 0 Å². The summed E-state index contributed by atoms with van der Waals surface area (Å²) in [4.78, 5) is 15.2. The van der Waals surface area contributed by atoms with Crippen LogP contribution in [0.5, 0.6) is 11.5 Å². The van der Waals surface area contributed by atoms with Gasteiger partial charge in [-0.1, -0.05) is 23.7 Å². The predicted octanol–water partition coefficient (Wildman–Crippen LogP) is 5.82. The molecular weight excluding hydrogens is 585 g/mol. The summed E-state index contributed by atoms with van der Waals surface area (Å²) in [5.74, 6) is 1.52. The van der Waals surface area contributed by atoms with E-state index >= 15 is 0 Å². The molecule has 1 N–H and O–H groups in total. The van der Waals surface area contributed by atoms with Crippen LogP contribution in [0.4, 0.5) is 4.39 Å². The normalized spacial score (nSPS) is 22.0. The fraction of sp³-hybridized carbons (Fsp3) is 0.375. The molecule has 2 atom stereocenters. The number of benzene rings is 2. The number of pyridine rings is 1. The number of nitrogens with one attached hydrogen (secondary N) is 1. The molecule has 3 aliphatic heterocycles. The van der Waals surface area contributed by atoms with E-state index in [4.69, 9.17) is 30.8 Å². The maximum atomic E-state index is 14.8. The fourth-order valence-corrected chi connectivity index (χ4v) is 6.69. The monoisotopic (exact) mass is 615 g/mol. The number of hydrogen-bond donors (Lipinski definition) is 1. The fourth-order valence-electron chi connectivity index (χ4n) is 6.53. The highest BCUT2D eigenvalue weighted by molar-refractivity contribution is 6.30. The lowest BCUT2D eigenvalue weighted by molar-refractivity contribution is -0.0712. The summed E-state index contributed by atoms with van der Waals surface area (Å²) in [6.45, 7) is 5.85. The molecule has 2 saturated heterocycles. The van der Waals surface area contributed by atoms with Crippen LogP contribution in [0.25, 0.3) is 22.6 Å². The predicted molar refractivity (Wildman–Crippen MR) is 161 cm³/mol. The zero-order valence-electron chi connectivity index (χ0n) is 24.2. The molecule has 3 aliphatic rings. The number of nitrogens with zero attached hydrogens (tertiary/aromatic N) is 6. The average Bonchev–Trinajstić information content (AvgIpc) is 3.72. The van der Waals surface area contributed by atoms with E-state index in [9.17, 15) is 4.39 Å². The van der Waals surface area contributed by atoms with Gasteiger partial charge in [-0.25, -0.2) is 9.37 Å². The number of likely N-dealkylation sites (tertiary alicyclic amines) is 1. The maximum absolute atomic E-state index is 14.8. The Kier molecular flexibility index (Phi) is 6.77. The van der Waals surface area contributed by atoms with Crippen LogP contribution in [-0.2, 0) is 23.6 Å². The molecular formula is C32H31ClFN7O3. The number of fused-ring (bicyclic) bond motifs is 2. The van der Waals surface area contributed by atoms with E-state index in [-0.39, 0.29) is 12.0 Å². The number of piperidine rings is 1. The van der Waals surface area contributed by atoms with Crippen molar-refractivity contribution in [1.29, 1.82) is 0 Å². The summed E-state index contributed by atoms with van der Waals surface area (Å²) in [5.41, 5.74) is 4.00. The molecule has 0 amide bonds. The van der Waals surface area contributed by atoms with E-state index in [1.54, 1.807) is 25.4 Å². The van der Waals surface area contributed by atoms with Gasteiger partial charge in [-0.2, -0.15) is 0 Å². The maximum Gasteiger partial charge on any atom is 0.278 e. The second-order valence-electron chi connectivity index (χ2n) is 11.8. The first-order valence-corrected chi connectivity index (χ1v) is 15.3. The molecule has 0 bridgehead atoms. The Morgan fingerprint density at radius 2 is 1.98 bits per heavy atom. The van der Waals surface area contributed by atoms with Crippen molar-refractivity contribution >= 4 is 22.6 Å². The number of para-hydroxylation sites is 1. The Morgan fingerprint density at radius 3 is 2.73 bits per heavy atom. The lowest BCUT2D eigenvalue weighted by Gasteiger charge is -2.33. The molecule has 226 valence electrons. The van der Waals surface area contributed by atoms with Crippen molar-refractivity contribution < 1.29 is 18.6 Å². The van der Waals surface area contributed by atoms with Crippen molar-refractivity contribution in [2.75, 3.05) is 19.7 Å². The van der Waals surface area contributed by atoms with Crippen molar-refractivity contribution in [3.05, 3.63) is 82.8 Å². The Balaban J connectivity index is 0.999. The molecule has 12 heteroatoms. The molecule has 0 radical (unpaired) electrons. The van der Waals surface area contributed by atoms with Crippen LogP contribution in [-0.4, -0.2) is 60.4 Å². The molecule has 5 aromatic rings. The van der Waals surface area contributed by atoms with Gasteiger partial charge in [0.15, 0.2) is 17.3 Å². The molecule has 3 aromatic heterocycles. The molecule has 10 nitrogen and oxygen atoms in total. The topological polar surface area (TPSA) is 103 Å². The van der Waals surface area contributed by atoms with Gasteiger partial charge in [0, 0.05) is 24.1 Å². The summed E-state index contributed by atoms with van der Waals surface area (Å²) >= 11 is 5.99. The molecule has 8 rings (SSSR count). The van der Waals surface area contributed by atoms with Gasteiger partial charge in [0.25, 0.3) is 5.79 Å². The molecule has 0 aliphatic carbocycles. The van der Waals surface area contributed by atoms with Crippen molar-refractivity contribution in [2.45, 2.75) is 57.1 Å². The molecule has 0 spiro atoms. The highest BCUT2D eigenvalue weighted by atomic mass is 35.5.